The summed E-state index contributed by atoms with van der Waals surface area (Å²) < 4.78 is 36.5. The molecule has 0 amide bonds. The van der Waals surface area contributed by atoms with Crippen LogP contribution in [0, 0.1) is 0 Å². The average Bonchev–Trinajstić information content (AvgIpc) is 1.84. The van der Waals surface area contributed by atoms with E-state index in [-0.39, 0.29) is 5.71 Å². The molecular weight excluding hydrogens is 145 g/mol. The Kier molecular flexibility index (Phi) is 1.74. The highest BCUT2D eigenvalue weighted by molar-refractivity contribution is 6.37. The van der Waals surface area contributed by atoms with Crippen LogP contribution in [0.4, 0.5) is 13.2 Å². The van der Waals surface area contributed by atoms with Crippen LogP contribution in [0.1, 0.15) is 6.92 Å². The SMILES string of the molecule is CC1=NC(F)C(F)N=C1F. The highest BCUT2D eigenvalue weighted by Crippen LogP contribution is 2.13. The highest BCUT2D eigenvalue weighted by Gasteiger charge is 2.24. The molecule has 10 heavy (non-hydrogen) atoms. The van der Waals surface area contributed by atoms with E-state index in [9.17, 15) is 13.2 Å². The van der Waals surface area contributed by atoms with Gasteiger partial charge in [0.15, 0.2) is 0 Å². The van der Waals surface area contributed by atoms with Crippen molar-refractivity contribution in [2.24, 2.45) is 9.98 Å². The Morgan fingerprint density at radius 1 is 1.20 bits per heavy atom. The van der Waals surface area contributed by atoms with Gasteiger partial charge in [-0.25, -0.2) is 18.8 Å². The average molecular weight is 150 g/mol. The maximum Gasteiger partial charge on any atom is 0.243 e. The summed E-state index contributed by atoms with van der Waals surface area (Å²) in [5.41, 5.74) is -0.193. The van der Waals surface area contributed by atoms with Crippen molar-refractivity contribution in [1.29, 1.82) is 0 Å². The summed E-state index contributed by atoms with van der Waals surface area (Å²) >= 11 is 0. The summed E-state index contributed by atoms with van der Waals surface area (Å²) in [4.78, 5) is 5.74. The first kappa shape index (κ1) is 7.24. The second kappa shape index (κ2) is 2.40. The fraction of sp³-hybridized carbons (Fsp3) is 0.600. The molecule has 5 heteroatoms. The van der Waals surface area contributed by atoms with Gasteiger partial charge in [0.1, 0.15) is 0 Å². The molecule has 0 saturated heterocycles. The summed E-state index contributed by atoms with van der Waals surface area (Å²) in [5.74, 6) is -1.03. The first-order valence-corrected chi connectivity index (χ1v) is 2.67. The first-order valence-electron chi connectivity index (χ1n) is 2.67. The lowest BCUT2D eigenvalue weighted by molar-refractivity contribution is 0.178. The molecule has 0 fully saturated rings. The number of hydrogen-bond donors (Lipinski definition) is 0. The maximum absolute atomic E-state index is 12.2. The van der Waals surface area contributed by atoms with Gasteiger partial charge >= 0.3 is 0 Å². The molecule has 0 aliphatic carbocycles. The van der Waals surface area contributed by atoms with E-state index < -0.39 is 18.6 Å². The molecule has 0 aromatic carbocycles. The normalized spacial score (nSPS) is 33.2. The van der Waals surface area contributed by atoms with Gasteiger partial charge in [0, 0.05) is 0 Å². The minimum Gasteiger partial charge on any atom is -0.244 e. The second-order valence-electron chi connectivity index (χ2n) is 1.88. The maximum atomic E-state index is 12.2. The Balaban J connectivity index is 2.83. The molecule has 2 unspecified atom stereocenters. The third-order valence-electron chi connectivity index (χ3n) is 1.08. The van der Waals surface area contributed by atoms with Gasteiger partial charge in [-0.05, 0) is 6.92 Å². The van der Waals surface area contributed by atoms with E-state index in [1.807, 2.05) is 0 Å². The molecule has 0 aromatic rings. The van der Waals surface area contributed by atoms with Gasteiger partial charge in [0.05, 0.1) is 5.71 Å². The molecule has 0 N–H and O–H groups in total. The van der Waals surface area contributed by atoms with Gasteiger partial charge in [0.2, 0.25) is 18.6 Å². The quantitative estimate of drug-likeness (QED) is 0.466. The van der Waals surface area contributed by atoms with Crippen LogP contribution in [-0.4, -0.2) is 24.3 Å². The largest absolute Gasteiger partial charge is 0.244 e. The summed E-state index contributed by atoms with van der Waals surface area (Å²) in [6.07, 6.45) is -4.22. The van der Waals surface area contributed by atoms with E-state index in [1.54, 1.807) is 0 Å². The van der Waals surface area contributed by atoms with Gasteiger partial charge in [-0.2, -0.15) is 4.39 Å². The Morgan fingerprint density at radius 3 is 2.20 bits per heavy atom. The zero-order valence-corrected chi connectivity index (χ0v) is 5.18. The Hall–Kier alpha value is -0.870. The van der Waals surface area contributed by atoms with Gasteiger partial charge < -0.3 is 0 Å². The molecule has 2 atom stereocenters. The molecule has 0 aromatic heterocycles. The molecule has 56 valence electrons. The van der Waals surface area contributed by atoms with E-state index in [1.165, 1.54) is 6.92 Å². The second-order valence-corrected chi connectivity index (χ2v) is 1.88. The number of rotatable bonds is 0. The number of nitrogens with zero attached hydrogens (tertiary/aromatic N) is 2. The summed E-state index contributed by atoms with van der Waals surface area (Å²) in [7, 11) is 0. The summed E-state index contributed by atoms with van der Waals surface area (Å²) in [5, 5.41) is 0. The molecule has 0 spiro atoms. The molecule has 0 saturated carbocycles. The standard InChI is InChI=1S/C5H5F3N2/c1-2-3(6)10-5(8)4(7)9-2/h4-5H,1H3. The molecule has 1 rings (SSSR count). The van der Waals surface area contributed by atoms with Crippen LogP contribution in [0.3, 0.4) is 0 Å². The van der Waals surface area contributed by atoms with Gasteiger partial charge in [-0.3, -0.25) is 0 Å². The number of aliphatic imine (C=N–C) groups is 2. The van der Waals surface area contributed by atoms with E-state index in [0.29, 0.717) is 0 Å². The predicted octanol–water partition coefficient (Wildman–Crippen LogP) is 1.42. The lowest BCUT2D eigenvalue weighted by atomic mass is 10.4. The highest BCUT2D eigenvalue weighted by atomic mass is 19.2. The predicted molar refractivity (Wildman–Crippen MR) is 31.4 cm³/mol. The fourth-order valence-corrected chi connectivity index (χ4v) is 0.563. The van der Waals surface area contributed by atoms with E-state index in [0.717, 1.165) is 0 Å². The zero-order valence-electron chi connectivity index (χ0n) is 5.18. The number of hydrogen-bond acceptors (Lipinski definition) is 2. The first-order chi connectivity index (χ1) is 4.61. The molecule has 1 aliphatic rings. The molecule has 0 radical (unpaired) electrons. The van der Waals surface area contributed by atoms with E-state index >= 15 is 0 Å². The van der Waals surface area contributed by atoms with Crippen LogP contribution in [-0.2, 0) is 0 Å². The smallest absolute Gasteiger partial charge is 0.243 e. The van der Waals surface area contributed by atoms with Crippen LogP contribution in [0.25, 0.3) is 0 Å². The van der Waals surface area contributed by atoms with E-state index in [2.05, 4.69) is 9.98 Å². The Labute approximate surface area is 55.5 Å². The van der Waals surface area contributed by atoms with Crippen LogP contribution in [0.2, 0.25) is 0 Å². The topological polar surface area (TPSA) is 24.7 Å². The van der Waals surface area contributed by atoms with E-state index in [4.69, 9.17) is 0 Å². The van der Waals surface area contributed by atoms with Gasteiger partial charge in [-0.1, -0.05) is 0 Å². The van der Waals surface area contributed by atoms with Crippen molar-refractivity contribution in [3.05, 3.63) is 0 Å². The van der Waals surface area contributed by atoms with Crippen molar-refractivity contribution in [3.63, 3.8) is 0 Å². The van der Waals surface area contributed by atoms with Gasteiger partial charge in [0.25, 0.3) is 0 Å². The molecule has 0 bridgehead atoms. The number of alkyl halides is 2. The Bertz CT molecular complexity index is 177. The molecule has 1 aliphatic heterocycles. The van der Waals surface area contributed by atoms with Crippen LogP contribution in [0.15, 0.2) is 9.98 Å². The number of halogens is 3. The summed E-state index contributed by atoms with van der Waals surface area (Å²) in [6.45, 7) is 1.23. The monoisotopic (exact) mass is 150 g/mol. The van der Waals surface area contributed by atoms with Crippen molar-refractivity contribution in [3.8, 4) is 0 Å². The van der Waals surface area contributed by atoms with Crippen LogP contribution < -0.4 is 0 Å². The molecule has 2 nitrogen and oxygen atoms in total. The molecular formula is C5H5F3N2. The Morgan fingerprint density at radius 2 is 1.70 bits per heavy atom. The third-order valence-corrected chi connectivity index (χ3v) is 1.08. The van der Waals surface area contributed by atoms with Crippen LogP contribution >= 0.6 is 0 Å². The van der Waals surface area contributed by atoms with Crippen molar-refractivity contribution in [2.75, 3.05) is 0 Å². The fourth-order valence-electron chi connectivity index (χ4n) is 0.563. The lowest BCUT2D eigenvalue weighted by Crippen LogP contribution is -2.24. The minimum atomic E-state index is -2.18. The third kappa shape index (κ3) is 1.17. The van der Waals surface area contributed by atoms with Crippen molar-refractivity contribution >= 4 is 11.7 Å². The van der Waals surface area contributed by atoms with Crippen molar-refractivity contribution in [1.82, 2.24) is 0 Å². The zero-order chi connectivity index (χ0) is 7.72. The van der Waals surface area contributed by atoms with Gasteiger partial charge in [-0.15, -0.1) is 0 Å². The minimum absolute atomic E-state index is 0.193. The van der Waals surface area contributed by atoms with Crippen molar-refractivity contribution < 1.29 is 13.2 Å². The van der Waals surface area contributed by atoms with Crippen LogP contribution in [0.5, 0.6) is 0 Å². The molecule has 1 heterocycles. The lowest BCUT2D eigenvalue weighted by Gasteiger charge is -2.10. The summed E-state index contributed by atoms with van der Waals surface area (Å²) in [6, 6.07) is 0. The van der Waals surface area contributed by atoms with Crippen molar-refractivity contribution in [2.45, 2.75) is 19.5 Å².